The van der Waals surface area contributed by atoms with E-state index in [0.29, 0.717) is 37.4 Å². The van der Waals surface area contributed by atoms with Crippen molar-refractivity contribution in [3.05, 3.63) is 57.6 Å². The zero-order valence-corrected chi connectivity index (χ0v) is 22.1. The van der Waals surface area contributed by atoms with Gasteiger partial charge < -0.3 is 30.0 Å². The maximum Gasteiger partial charge on any atom is 0.253 e. The zero-order chi connectivity index (χ0) is 25.7. The second-order valence-corrected chi connectivity index (χ2v) is 9.98. The van der Waals surface area contributed by atoms with Gasteiger partial charge in [-0.2, -0.15) is 0 Å². The molecule has 0 unspecified atom stereocenters. The van der Waals surface area contributed by atoms with Crippen LogP contribution in [0.15, 0.2) is 35.3 Å². The number of nitrogens with zero attached hydrogens (tertiary/aromatic N) is 2. The van der Waals surface area contributed by atoms with Crippen molar-refractivity contribution < 1.29 is 9.47 Å². The minimum Gasteiger partial charge on any atom is -0.491 e. The van der Waals surface area contributed by atoms with Gasteiger partial charge in [-0.3, -0.25) is 4.79 Å². The van der Waals surface area contributed by atoms with Crippen molar-refractivity contribution in [3.63, 3.8) is 0 Å². The second kappa shape index (κ2) is 11.8. The molecule has 8 heteroatoms. The molecule has 0 spiro atoms. The number of aromatic nitrogens is 2. The highest BCUT2D eigenvalue weighted by Crippen LogP contribution is 2.35. The molecule has 8 nitrogen and oxygen atoms in total. The summed E-state index contributed by atoms with van der Waals surface area (Å²) in [4.78, 5) is 22.4. The number of rotatable bonds is 10. The highest BCUT2D eigenvalue weighted by molar-refractivity contribution is 6.01. The molecular weight excluding hydrogens is 454 g/mol. The zero-order valence-electron chi connectivity index (χ0n) is 22.1. The van der Waals surface area contributed by atoms with E-state index in [1.807, 2.05) is 38.2 Å². The van der Waals surface area contributed by atoms with Crippen molar-refractivity contribution in [1.29, 1.82) is 0 Å². The lowest BCUT2D eigenvalue weighted by Gasteiger charge is -2.33. The fraction of sp³-hybridized carbons (Fsp3) is 0.500. The number of aryl methyl sites for hydroxylation is 2. The summed E-state index contributed by atoms with van der Waals surface area (Å²) in [6.45, 7) is 5.23. The van der Waals surface area contributed by atoms with Gasteiger partial charge in [0.1, 0.15) is 18.2 Å². The molecule has 0 radical (unpaired) electrons. The van der Waals surface area contributed by atoms with Crippen LogP contribution in [-0.4, -0.2) is 61.4 Å². The second-order valence-electron chi connectivity index (χ2n) is 9.98. The molecule has 1 aliphatic carbocycles. The average molecular weight is 494 g/mol. The lowest BCUT2D eigenvalue weighted by molar-refractivity contribution is 0.146. The minimum atomic E-state index is -0.0699. The van der Waals surface area contributed by atoms with Crippen LogP contribution in [0.4, 0.5) is 11.5 Å². The molecular formula is C28H39N5O3. The van der Waals surface area contributed by atoms with Gasteiger partial charge in [0, 0.05) is 65.7 Å². The maximum absolute atomic E-state index is 12.5. The Labute approximate surface area is 213 Å². The SMILES string of the molecule is COCCOc1cc(NC2CCC(N(C)C)CC2)c2ccnc(NCc3c(C)cc(C)[nH]c3=O)c2c1. The Kier molecular flexibility index (Phi) is 8.48. The number of H-pyrrole nitrogens is 1. The van der Waals surface area contributed by atoms with Crippen molar-refractivity contribution in [2.45, 2.75) is 58.2 Å². The van der Waals surface area contributed by atoms with E-state index in [1.54, 1.807) is 7.11 Å². The average Bonchev–Trinajstić information content (AvgIpc) is 2.84. The van der Waals surface area contributed by atoms with E-state index in [-0.39, 0.29) is 5.56 Å². The predicted molar refractivity (Wildman–Crippen MR) is 146 cm³/mol. The molecule has 2 heterocycles. The smallest absolute Gasteiger partial charge is 0.253 e. The molecule has 1 fully saturated rings. The number of fused-ring (bicyclic) bond motifs is 1. The van der Waals surface area contributed by atoms with Gasteiger partial charge in [0.2, 0.25) is 0 Å². The first kappa shape index (κ1) is 26.0. The van der Waals surface area contributed by atoms with E-state index in [9.17, 15) is 4.79 Å². The van der Waals surface area contributed by atoms with Gasteiger partial charge in [0.05, 0.1) is 6.61 Å². The number of hydrogen-bond donors (Lipinski definition) is 3. The highest BCUT2D eigenvalue weighted by atomic mass is 16.5. The number of benzene rings is 1. The monoisotopic (exact) mass is 493 g/mol. The van der Waals surface area contributed by atoms with Gasteiger partial charge in [-0.1, -0.05) is 0 Å². The Bertz CT molecular complexity index is 1230. The molecule has 0 amide bonds. The van der Waals surface area contributed by atoms with E-state index in [4.69, 9.17) is 9.47 Å². The summed E-state index contributed by atoms with van der Waals surface area (Å²) in [7, 11) is 6.00. The molecule has 1 aromatic carbocycles. The van der Waals surface area contributed by atoms with Crippen molar-refractivity contribution in [3.8, 4) is 5.75 Å². The third-order valence-corrected chi connectivity index (χ3v) is 7.12. The summed E-state index contributed by atoms with van der Waals surface area (Å²) in [5, 5.41) is 9.24. The van der Waals surface area contributed by atoms with Gasteiger partial charge in [0.25, 0.3) is 5.56 Å². The lowest BCUT2D eigenvalue weighted by atomic mass is 9.90. The first-order valence-electron chi connectivity index (χ1n) is 12.8. The van der Waals surface area contributed by atoms with Crippen molar-refractivity contribution in [2.75, 3.05) is 45.1 Å². The summed E-state index contributed by atoms with van der Waals surface area (Å²) < 4.78 is 11.2. The van der Waals surface area contributed by atoms with E-state index in [0.717, 1.165) is 52.1 Å². The molecule has 1 saturated carbocycles. The molecule has 0 atom stereocenters. The fourth-order valence-electron chi connectivity index (χ4n) is 5.07. The van der Waals surface area contributed by atoms with Crippen LogP contribution in [0.25, 0.3) is 10.8 Å². The molecule has 0 bridgehead atoms. The quantitative estimate of drug-likeness (QED) is 0.359. The fourth-order valence-corrected chi connectivity index (χ4v) is 5.07. The van der Waals surface area contributed by atoms with Gasteiger partial charge in [0.15, 0.2) is 0 Å². The van der Waals surface area contributed by atoms with Gasteiger partial charge in [-0.15, -0.1) is 0 Å². The summed E-state index contributed by atoms with van der Waals surface area (Å²) >= 11 is 0. The Morgan fingerprint density at radius 2 is 1.86 bits per heavy atom. The third-order valence-electron chi connectivity index (χ3n) is 7.12. The normalized spacial score (nSPS) is 17.9. The topological polar surface area (TPSA) is 91.5 Å². The number of nitrogens with one attached hydrogen (secondary N) is 3. The van der Waals surface area contributed by atoms with Crippen LogP contribution in [0.2, 0.25) is 0 Å². The number of anilines is 2. The van der Waals surface area contributed by atoms with Crippen LogP contribution >= 0.6 is 0 Å². The van der Waals surface area contributed by atoms with E-state index < -0.39 is 0 Å². The maximum atomic E-state index is 12.5. The molecule has 0 aliphatic heterocycles. The lowest BCUT2D eigenvalue weighted by Crippen LogP contribution is -2.36. The molecule has 3 aromatic rings. The Hall–Kier alpha value is -3.10. The molecule has 194 valence electrons. The number of ether oxygens (including phenoxy) is 2. The Morgan fingerprint density at radius 3 is 2.56 bits per heavy atom. The summed E-state index contributed by atoms with van der Waals surface area (Å²) in [6.07, 6.45) is 6.45. The molecule has 3 N–H and O–H groups in total. The van der Waals surface area contributed by atoms with E-state index in [1.165, 1.54) is 12.8 Å². The molecule has 36 heavy (non-hydrogen) atoms. The standard InChI is InChI=1S/C28H39N5O3/c1-18-14-19(2)31-28(34)25(18)17-30-27-24-15-22(36-13-12-35-5)16-26(23(24)10-11-29-27)32-20-6-8-21(9-7-20)33(3)4/h10-11,14-16,20-21,32H,6-9,12-13,17H2,1-5H3,(H,29,30)(H,31,34). The molecule has 2 aromatic heterocycles. The van der Waals surface area contributed by atoms with Crippen LogP contribution in [-0.2, 0) is 11.3 Å². The van der Waals surface area contributed by atoms with Gasteiger partial charge >= 0.3 is 0 Å². The molecule has 4 rings (SSSR count). The molecule has 0 saturated heterocycles. The Morgan fingerprint density at radius 1 is 1.08 bits per heavy atom. The van der Waals surface area contributed by atoms with Crippen molar-refractivity contribution in [2.24, 2.45) is 0 Å². The molecule has 1 aliphatic rings. The highest BCUT2D eigenvalue weighted by Gasteiger charge is 2.23. The van der Waals surface area contributed by atoms with Gasteiger partial charge in [-0.05, 0) is 77.4 Å². The van der Waals surface area contributed by atoms with Crippen molar-refractivity contribution in [1.82, 2.24) is 14.9 Å². The van der Waals surface area contributed by atoms with Crippen LogP contribution in [0.1, 0.15) is 42.5 Å². The van der Waals surface area contributed by atoms with Crippen molar-refractivity contribution >= 4 is 22.3 Å². The number of hydrogen-bond acceptors (Lipinski definition) is 7. The number of pyridine rings is 2. The van der Waals surface area contributed by atoms with Gasteiger partial charge in [-0.25, -0.2) is 4.98 Å². The summed E-state index contributed by atoms with van der Waals surface area (Å²) in [5.41, 5.74) is 3.51. The van der Waals surface area contributed by atoms with Crippen LogP contribution in [0.3, 0.4) is 0 Å². The van der Waals surface area contributed by atoms with E-state index in [2.05, 4.69) is 45.7 Å². The first-order chi connectivity index (χ1) is 17.4. The first-order valence-corrected chi connectivity index (χ1v) is 12.8. The summed E-state index contributed by atoms with van der Waals surface area (Å²) in [5.74, 6) is 1.49. The van der Waals surface area contributed by atoms with Crippen LogP contribution in [0, 0.1) is 13.8 Å². The largest absolute Gasteiger partial charge is 0.491 e. The third kappa shape index (κ3) is 6.17. The van der Waals surface area contributed by atoms with Crippen LogP contribution in [0.5, 0.6) is 5.75 Å². The Balaban J connectivity index is 1.62. The minimum absolute atomic E-state index is 0.0699. The number of methoxy groups -OCH3 is 1. The number of aromatic amines is 1. The van der Waals surface area contributed by atoms with E-state index >= 15 is 0 Å². The summed E-state index contributed by atoms with van der Waals surface area (Å²) in [6, 6.07) is 9.19. The van der Waals surface area contributed by atoms with Crippen LogP contribution < -0.4 is 20.9 Å². The predicted octanol–water partition coefficient (Wildman–Crippen LogP) is 4.46.